The summed E-state index contributed by atoms with van der Waals surface area (Å²) in [5, 5.41) is 0. The largest absolute Gasteiger partial charge is 0.576 e. The standard InChI is InChI=1S/C8H8BFO2/c1-2-11-9-12-8-5-3-4-7(10)6-8/h2-6,9H,1H2. The van der Waals surface area contributed by atoms with Gasteiger partial charge in [-0.05, 0) is 12.1 Å². The Morgan fingerprint density at radius 3 is 3.00 bits per heavy atom. The third kappa shape index (κ3) is 2.66. The minimum absolute atomic E-state index is 0.0486. The summed E-state index contributed by atoms with van der Waals surface area (Å²) in [5.74, 6) is 0.114. The normalized spacial score (nSPS) is 8.75. The molecule has 4 heteroatoms. The maximum atomic E-state index is 12.5. The van der Waals surface area contributed by atoms with Gasteiger partial charge in [0, 0.05) is 6.07 Å². The molecule has 0 atom stereocenters. The predicted octanol–water partition coefficient (Wildman–Crippen LogP) is 1.63. The van der Waals surface area contributed by atoms with Crippen LogP contribution in [0.3, 0.4) is 0 Å². The van der Waals surface area contributed by atoms with Crippen molar-refractivity contribution in [2.75, 3.05) is 0 Å². The molecule has 1 aromatic carbocycles. The molecule has 12 heavy (non-hydrogen) atoms. The molecule has 0 spiro atoms. The molecule has 0 aliphatic heterocycles. The first-order valence-electron chi connectivity index (χ1n) is 3.44. The molecule has 0 saturated carbocycles. The van der Waals surface area contributed by atoms with E-state index in [4.69, 9.17) is 9.31 Å². The lowest BCUT2D eigenvalue weighted by atomic mass is 10.3. The van der Waals surface area contributed by atoms with Gasteiger partial charge in [0.25, 0.3) is 0 Å². The molecular weight excluding hydrogens is 158 g/mol. The second kappa shape index (κ2) is 4.44. The summed E-state index contributed by atoms with van der Waals surface area (Å²) >= 11 is 0. The maximum Gasteiger partial charge on any atom is 0.576 e. The van der Waals surface area contributed by atoms with E-state index in [2.05, 4.69) is 6.58 Å². The topological polar surface area (TPSA) is 18.5 Å². The molecule has 0 bridgehead atoms. The number of benzene rings is 1. The Hall–Kier alpha value is -1.45. The molecule has 1 rings (SSSR count). The molecule has 0 heterocycles. The molecule has 0 amide bonds. The van der Waals surface area contributed by atoms with Gasteiger partial charge in [0.1, 0.15) is 11.6 Å². The molecule has 0 aliphatic rings. The Kier molecular flexibility index (Phi) is 3.20. The van der Waals surface area contributed by atoms with Crippen LogP contribution in [0.25, 0.3) is 0 Å². The van der Waals surface area contributed by atoms with Crippen LogP contribution in [0.4, 0.5) is 4.39 Å². The molecule has 0 fully saturated rings. The Morgan fingerprint density at radius 2 is 2.33 bits per heavy atom. The van der Waals surface area contributed by atoms with E-state index < -0.39 is 0 Å². The van der Waals surface area contributed by atoms with Crippen molar-refractivity contribution in [1.29, 1.82) is 0 Å². The van der Waals surface area contributed by atoms with Gasteiger partial charge in [0.05, 0.1) is 6.26 Å². The molecule has 0 saturated heterocycles. The Bertz CT molecular complexity index is 265. The summed E-state index contributed by atoms with van der Waals surface area (Å²) in [4.78, 5) is 0. The zero-order valence-corrected chi connectivity index (χ0v) is 6.50. The third-order valence-corrected chi connectivity index (χ3v) is 1.21. The summed E-state index contributed by atoms with van der Waals surface area (Å²) in [6.07, 6.45) is 1.26. The van der Waals surface area contributed by atoms with Crippen LogP contribution in [-0.4, -0.2) is 7.69 Å². The highest BCUT2D eigenvalue weighted by atomic mass is 19.1. The SMILES string of the molecule is C=COBOc1cccc(F)c1. The van der Waals surface area contributed by atoms with Crippen LogP contribution in [0, 0.1) is 5.82 Å². The van der Waals surface area contributed by atoms with E-state index in [1.807, 2.05) is 0 Å². The molecule has 0 aliphatic carbocycles. The predicted molar refractivity (Wildman–Crippen MR) is 45.5 cm³/mol. The summed E-state index contributed by atoms with van der Waals surface area (Å²) in [7, 11) is 0.0486. The third-order valence-electron chi connectivity index (χ3n) is 1.21. The van der Waals surface area contributed by atoms with Gasteiger partial charge in [-0.3, -0.25) is 0 Å². The van der Waals surface area contributed by atoms with Crippen molar-refractivity contribution in [2.24, 2.45) is 0 Å². The zero-order chi connectivity index (χ0) is 8.81. The van der Waals surface area contributed by atoms with Crippen LogP contribution in [0.1, 0.15) is 0 Å². The molecule has 0 unspecified atom stereocenters. The van der Waals surface area contributed by atoms with Gasteiger partial charge >= 0.3 is 7.69 Å². The first-order chi connectivity index (χ1) is 5.83. The number of halogens is 1. The fourth-order valence-corrected chi connectivity index (χ4v) is 0.707. The molecule has 1 aromatic rings. The minimum atomic E-state index is -0.328. The van der Waals surface area contributed by atoms with Crippen molar-refractivity contribution in [2.45, 2.75) is 0 Å². The smallest absolute Gasteiger partial charge is 0.535 e. The highest BCUT2D eigenvalue weighted by molar-refractivity contribution is 6.19. The summed E-state index contributed by atoms with van der Waals surface area (Å²) < 4.78 is 22.2. The quantitative estimate of drug-likeness (QED) is 0.384. The first-order valence-corrected chi connectivity index (χ1v) is 3.44. The van der Waals surface area contributed by atoms with Gasteiger partial charge in [-0.15, -0.1) is 0 Å². The van der Waals surface area contributed by atoms with Crippen LogP contribution >= 0.6 is 0 Å². The van der Waals surface area contributed by atoms with Gasteiger partial charge < -0.3 is 9.31 Å². The Balaban J connectivity index is 2.46. The van der Waals surface area contributed by atoms with E-state index in [9.17, 15) is 4.39 Å². The summed E-state index contributed by atoms with van der Waals surface area (Å²) in [6, 6.07) is 5.85. The van der Waals surface area contributed by atoms with E-state index in [0.717, 1.165) is 0 Å². The molecule has 0 radical (unpaired) electrons. The van der Waals surface area contributed by atoms with Crippen LogP contribution in [0.5, 0.6) is 5.75 Å². The van der Waals surface area contributed by atoms with E-state index >= 15 is 0 Å². The van der Waals surface area contributed by atoms with E-state index in [-0.39, 0.29) is 13.5 Å². The first kappa shape index (κ1) is 8.65. The number of hydrogen-bond donors (Lipinski definition) is 0. The second-order valence-corrected chi connectivity index (χ2v) is 2.05. The molecule has 62 valence electrons. The lowest BCUT2D eigenvalue weighted by molar-refractivity contribution is 0.412. The van der Waals surface area contributed by atoms with Crippen molar-refractivity contribution in [3.63, 3.8) is 0 Å². The summed E-state index contributed by atoms with van der Waals surface area (Å²) in [6.45, 7) is 3.33. The Labute approximate surface area is 70.9 Å². The number of rotatable bonds is 4. The van der Waals surface area contributed by atoms with Crippen molar-refractivity contribution in [3.8, 4) is 5.75 Å². The van der Waals surface area contributed by atoms with Crippen LogP contribution < -0.4 is 4.65 Å². The Morgan fingerprint density at radius 1 is 1.50 bits per heavy atom. The fourth-order valence-electron chi connectivity index (χ4n) is 0.707. The highest BCUT2D eigenvalue weighted by Crippen LogP contribution is 2.10. The fraction of sp³-hybridized carbons (Fsp3) is 0. The van der Waals surface area contributed by atoms with Crippen molar-refractivity contribution in [3.05, 3.63) is 42.9 Å². The minimum Gasteiger partial charge on any atom is -0.535 e. The average Bonchev–Trinajstić information content (AvgIpc) is 2.05. The lowest BCUT2D eigenvalue weighted by Crippen LogP contribution is -2.03. The van der Waals surface area contributed by atoms with Gasteiger partial charge in [-0.25, -0.2) is 4.39 Å². The van der Waals surface area contributed by atoms with Gasteiger partial charge in [-0.2, -0.15) is 0 Å². The van der Waals surface area contributed by atoms with Gasteiger partial charge in [0.15, 0.2) is 0 Å². The van der Waals surface area contributed by atoms with Crippen molar-refractivity contribution in [1.82, 2.24) is 0 Å². The molecule has 2 nitrogen and oxygen atoms in total. The van der Waals surface area contributed by atoms with Gasteiger partial charge in [0.2, 0.25) is 0 Å². The zero-order valence-electron chi connectivity index (χ0n) is 6.50. The molecule has 0 N–H and O–H groups in total. The molecule has 0 aromatic heterocycles. The number of hydrogen-bond acceptors (Lipinski definition) is 2. The van der Waals surface area contributed by atoms with Crippen molar-refractivity contribution < 1.29 is 13.7 Å². The average molecular weight is 166 g/mol. The van der Waals surface area contributed by atoms with E-state index in [1.54, 1.807) is 12.1 Å². The highest BCUT2D eigenvalue weighted by Gasteiger charge is 1.96. The van der Waals surface area contributed by atoms with Crippen LogP contribution in [0.15, 0.2) is 37.1 Å². The lowest BCUT2D eigenvalue weighted by Gasteiger charge is -2.02. The summed E-state index contributed by atoms with van der Waals surface area (Å²) in [5.41, 5.74) is 0. The van der Waals surface area contributed by atoms with Gasteiger partial charge in [-0.1, -0.05) is 12.6 Å². The van der Waals surface area contributed by atoms with E-state index in [0.29, 0.717) is 5.75 Å². The monoisotopic (exact) mass is 166 g/mol. The van der Waals surface area contributed by atoms with Crippen LogP contribution in [0.2, 0.25) is 0 Å². The van der Waals surface area contributed by atoms with Crippen molar-refractivity contribution >= 4 is 7.69 Å². The molecular formula is C8H8BFO2. The maximum absolute atomic E-state index is 12.5. The van der Waals surface area contributed by atoms with E-state index in [1.165, 1.54) is 18.4 Å². The second-order valence-electron chi connectivity index (χ2n) is 2.05. The van der Waals surface area contributed by atoms with Crippen LogP contribution in [-0.2, 0) is 4.65 Å².